The Kier molecular flexibility index (Phi) is 6.71. The molecule has 0 saturated carbocycles. The third-order valence-electron chi connectivity index (χ3n) is 0.396. The van der Waals surface area contributed by atoms with Crippen molar-refractivity contribution in [3.05, 3.63) is 11.6 Å². The summed E-state index contributed by atoms with van der Waals surface area (Å²) >= 11 is 4.95. The van der Waals surface area contributed by atoms with Crippen LogP contribution < -0.4 is 0 Å². The summed E-state index contributed by atoms with van der Waals surface area (Å²) in [5.74, 6) is -0.420. The molecule has 56 valence electrons. The van der Waals surface area contributed by atoms with Crippen LogP contribution in [0.4, 0.5) is 0 Å². The van der Waals surface area contributed by atoms with Crippen LogP contribution in [0.15, 0.2) is 11.6 Å². The van der Waals surface area contributed by atoms with Gasteiger partial charge in [0.2, 0.25) is 0 Å². The van der Waals surface area contributed by atoms with Crippen molar-refractivity contribution >= 4 is 34.1 Å². The Morgan fingerprint density at radius 2 is 2.00 bits per heavy atom. The molecule has 0 amide bonds. The van der Waals surface area contributed by atoms with E-state index < -0.39 is 15.9 Å². The first kappa shape index (κ1) is 12.0. The van der Waals surface area contributed by atoms with Crippen molar-refractivity contribution in [3.8, 4) is 0 Å². The Labute approximate surface area is 64.9 Å². The van der Waals surface area contributed by atoms with Crippen molar-refractivity contribution in [2.24, 2.45) is 0 Å². The molecule has 0 aliphatic heterocycles. The van der Waals surface area contributed by atoms with Crippen LogP contribution in [0.3, 0.4) is 0 Å². The molecule has 0 spiro atoms. The molecule has 0 fully saturated rings. The smallest absolute Gasteiger partial charge is 0.268 e. The zero-order chi connectivity index (χ0) is 6.62. The van der Waals surface area contributed by atoms with Gasteiger partial charge in [-0.25, -0.2) is 0 Å². The second-order valence-electron chi connectivity index (χ2n) is 1.11. The Hall–Kier alpha value is 0.230. The first-order valence-corrected chi connectivity index (χ1v) is 3.81. The van der Waals surface area contributed by atoms with Crippen LogP contribution in [0.1, 0.15) is 0 Å². The third kappa shape index (κ3) is 11.7. The molecule has 0 heterocycles. The zero-order valence-corrected chi connectivity index (χ0v) is 6.71. The number of hydrogen-bond acceptors (Lipinski definition) is 2. The van der Waals surface area contributed by atoms with Gasteiger partial charge in [-0.3, -0.25) is 4.55 Å². The molecule has 0 unspecified atom stereocenters. The maximum absolute atomic E-state index is 9.84. The summed E-state index contributed by atoms with van der Waals surface area (Å²) in [6, 6.07) is 0. The second kappa shape index (κ2) is 5.05. The van der Waals surface area contributed by atoms with Crippen molar-refractivity contribution in [1.82, 2.24) is 0 Å². The normalized spacial score (nSPS) is 11.3. The average Bonchev–Trinajstić information content (AvgIpc) is 1.59. The highest BCUT2D eigenvalue weighted by Gasteiger charge is 1.96. The van der Waals surface area contributed by atoms with Crippen LogP contribution in [0, 0.1) is 0 Å². The Bertz CT molecular complexity index is 171. The molecule has 6 heteroatoms. The molecule has 1 N–H and O–H groups in total. The molecule has 0 atom stereocenters. The van der Waals surface area contributed by atoms with Gasteiger partial charge in [0.1, 0.15) is 0 Å². The summed E-state index contributed by atoms with van der Waals surface area (Å²) in [4.78, 5) is 0. The highest BCUT2D eigenvalue weighted by Crippen LogP contribution is 1.84. The minimum absolute atomic E-state index is 0. The van der Waals surface area contributed by atoms with Crippen LogP contribution in [0.5, 0.6) is 0 Å². The van der Waals surface area contributed by atoms with Gasteiger partial charge < -0.3 is 0 Å². The fourth-order valence-corrected chi connectivity index (χ4v) is 0.692. The monoisotopic (exact) mass is 192 g/mol. The summed E-state index contributed by atoms with van der Waals surface area (Å²) in [5.41, 5.74) is 1.04. The standard InChI is InChI=1S/C3H5ClO3S.ClH/c4-2-1-3-8(5,6)7;/h1-2H,3H2,(H,5,6,7);1H. The molecule has 0 saturated heterocycles. The van der Waals surface area contributed by atoms with E-state index in [0.717, 1.165) is 11.6 Å². The van der Waals surface area contributed by atoms with Gasteiger partial charge in [0, 0.05) is 5.54 Å². The molecule has 0 aliphatic carbocycles. The molecule has 0 rings (SSSR count). The molecular weight excluding hydrogens is 187 g/mol. The number of rotatable bonds is 2. The van der Waals surface area contributed by atoms with Gasteiger partial charge in [0.25, 0.3) is 10.1 Å². The maximum Gasteiger partial charge on any atom is 0.268 e. The van der Waals surface area contributed by atoms with Crippen molar-refractivity contribution in [2.75, 3.05) is 5.75 Å². The van der Waals surface area contributed by atoms with E-state index in [1.165, 1.54) is 0 Å². The van der Waals surface area contributed by atoms with Gasteiger partial charge in [-0.15, -0.1) is 12.4 Å². The first-order chi connectivity index (χ1) is 3.56. The quantitative estimate of drug-likeness (QED) is 0.666. The van der Waals surface area contributed by atoms with E-state index in [2.05, 4.69) is 0 Å². The lowest BCUT2D eigenvalue weighted by molar-refractivity contribution is 0.487. The van der Waals surface area contributed by atoms with Crippen LogP contribution >= 0.6 is 24.0 Å². The first-order valence-electron chi connectivity index (χ1n) is 1.76. The maximum atomic E-state index is 9.84. The SMILES string of the molecule is Cl.O=S(=O)(O)CC=CCl. The Morgan fingerprint density at radius 1 is 1.56 bits per heavy atom. The van der Waals surface area contributed by atoms with Crippen LogP contribution in [0.2, 0.25) is 0 Å². The second-order valence-corrected chi connectivity index (χ2v) is 2.86. The molecular formula is C3H6Cl2O3S. The Balaban J connectivity index is 0. The van der Waals surface area contributed by atoms with E-state index in [-0.39, 0.29) is 12.4 Å². The molecule has 0 aliphatic rings. The van der Waals surface area contributed by atoms with E-state index >= 15 is 0 Å². The van der Waals surface area contributed by atoms with E-state index in [0.29, 0.717) is 0 Å². The fourth-order valence-electron chi connectivity index (χ4n) is 0.158. The molecule has 0 radical (unpaired) electrons. The van der Waals surface area contributed by atoms with Crippen LogP contribution in [-0.4, -0.2) is 18.7 Å². The van der Waals surface area contributed by atoms with Crippen LogP contribution in [-0.2, 0) is 10.1 Å². The summed E-state index contributed by atoms with van der Waals surface area (Å²) in [6.45, 7) is 0. The topological polar surface area (TPSA) is 54.4 Å². The third-order valence-corrected chi connectivity index (χ3v) is 1.19. The van der Waals surface area contributed by atoms with E-state index in [1.54, 1.807) is 0 Å². The van der Waals surface area contributed by atoms with E-state index in [9.17, 15) is 8.42 Å². The van der Waals surface area contributed by atoms with Crippen molar-refractivity contribution in [3.63, 3.8) is 0 Å². The lowest BCUT2D eigenvalue weighted by atomic mass is 10.8. The molecule has 9 heavy (non-hydrogen) atoms. The van der Waals surface area contributed by atoms with Crippen molar-refractivity contribution in [1.29, 1.82) is 0 Å². The van der Waals surface area contributed by atoms with Gasteiger partial charge in [0.05, 0.1) is 5.75 Å². The summed E-state index contributed by atoms with van der Waals surface area (Å²) < 4.78 is 27.7. The van der Waals surface area contributed by atoms with E-state index in [4.69, 9.17) is 16.2 Å². The van der Waals surface area contributed by atoms with Gasteiger partial charge in [-0.05, 0) is 0 Å². The predicted octanol–water partition coefficient (Wildman–Crippen LogP) is 1.05. The molecule has 0 aromatic rings. The molecule has 0 aromatic heterocycles. The summed E-state index contributed by atoms with van der Waals surface area (Å²) in [6.07, 6.45) is 1.14. The molecule has 3 nitrogen and oxygen atoms in total. The van der Waals surface area contributed by atoms with Gasteiger partial charge >= 0.3 is 0 Å². The fraction of sp³-hybridized carbons (Fsp3) is 0.333. The lowest BCUT2D eigenvalue weighted by Gasteiger charge is -1.83. The minimum Gasteiger partial charge on any atom is -0.285 e. The minimum atomic E-state index is -3.86. The predicted molar refractivity (Wildman–Crippen MR) is 38.7 cm³/mol. The van der Waals surface area contributed by atoms with Crippen LogP contribution in [0.25, 0.3) is 0 Å². The highest BCUT2D eigenvalue weighted by molar-refractivity contribution is 7.85. The highest BCUT2D eigenvalue weighted by atomic mass is 35.5. The van der Waals surface area contributed by atoms with Gasteiger partial charge in [-0.2, -0.15) is 8.42 Å². The summed E-state index contributed by atoms with van der Waals surface area (Å²) in [7, 11) is -3.86. The zero-order valence-electron chi connectivity index (χ0n) is 4.32. The van der Waals surface area contributed by atoms with Crippen molar-refractivity contribution in [2.45, 2.75) is 0 Å². The molecule has 0 aromatic carbocycles. The van der Waals surface area contributed by atoms with Crippen molar-refractivity contribution < 1.29 is 13.0 Å². The molecule has 0 bridgehead atoms. The number of hydrogen-bond donors (Lipinski definition) is 1. The van der Waals surface area contributed by atoms with Gasteiger partial charge in [-0.1, -0.05) is 17.7 Å². The van der Waals surface area contributed by atoms with E-state index in [1.807, 2.05) is 0 Å². The lowest BCUT2D eigenvalue weighted by Crippen LogP contribution is -1.99. The largest absolute Gasteiger partial charge is 0.285 e. The average molecular weight is 193 g/mol. The summed E-state index contributed by atoms with van der Waals surface area (Å²) in [5, 5.41) is 0. The Morgan fingerprint density at radius 3 is 2.11 bits per heavy atom. The number of halogens is 2. The van der Waals surface area contributed by atoms with Gasteiger partial charge in [0.15, 0.2) is 0 Å².